The Morgan fingerprint density at radius 2 is 1.96 bits per heavy atom. The summed E-state index contributed by atoms with van der Waals surface area (Å²) >= 11 is 0. The topological polar surface area (TPSA) is 99.3 Å². The summed E-state index contributed by atoms with van der Waals surface area (Å²) in [6.07, 6.45) is 0.707. The summed E-state index contributed by atoms with van der Waals surface area (Å²) < 4.78 is 51.4. The zero-order chi connectivity index (χ0) is 17.0. The number of hydrogen-bond acceptors (Lipinski definition) is 5. The standard InChI is InChI=1S/C13H18F2N4O3S/c1-23(21,22)16-6-5-12(20)17-11-7-10(18-19-11)13-8(14)3-2-4-9(13)15/h2-4,10-11,16,18-19H,5-7H2,1H3,(H,17,20). The van der Waals surface area contributed by atoms with E-state index in [1.165, 1.54) is 18.2 Å². The monoisotopic (exact) mass is 348 g/mol. The van der Waals surface area contributed by atoms with Gasteiger partial charge in [0.2, 0.25) is 15.9 Å². The molecule has 2 rings (SSSR count). The zero-order valence-corrected chi connectivity index (χ0v) is 13.2. The maximum atomic E-state index is 13.7. The van der Waals surface area contributed by atoms with Crippen molar-refractivity contribution in [2.45, 2.75) is 25.0 Å². The molecule has 0 saturated carbocycles. The molecule has 0 aromatic heterocycles. The number of halogens is 2. The fourth-order valence-corrected chi connectivity index (χ4v) is 2.77. The van der Waals surface area contributed by atoms with E-state index < -0.39 is 33.9 Å². The summed E-state index contributed by atoms with van der Waals surface area (Å²) in [7, 11) is -3.34. The molecule has 2 atom stereocenters. The largest absolute Gasteiger partial charge is 0.339 e. The first-order chi connectivity index (χ1) is 10.8. The van der Waals surface area contributed by atoms with Crippen molar-refractivity contribution in [3.63, 3.8) is 0 Å². The second-order valence-electron chi connectivity index (χ2n) is 5.25. The molecule has 0 spiro atoms. The summed E-state index contributed by atoms with van der Waals surface area (Å²) in [6, 6.07) is 3.01. The van der Waals surface area contributed by atoms with Crippen LogP contribution >= 0.6 is 0 Å². The van der Waals surface area contributed by atoms with Crippen LogP contribution in [0.3, 0.4) is 0 Å². The molecule has 0 aliphatic carbocycles. The van der Waals surface area contributed by atoms with Crippen LogP contribution in [0, 0.1) is 11.6 Å². The molecule has 0 radical (unpaired) electrons. The lowest BCUT2D eigenvalue weighted by molar-refractivity contribution is -0.121. The van der Waals surface area contributed by atoms with Crippen molar-refractivity contribution in [1.29, 1.82) is 0 Å². The second-order valence-corrected chi connectivity index (χ2v) is 7.08. The van der Waals surface area contributed by atoms with Crippen LogP contribution in [-0.4, -0.2) is 33.3 Å². The highest BCUT2D eigenvalue weighted by Gasteiger charge is 2.29. The lowest BCUT2D eigenvalue weighted by Gasteiger charge is -2.13. The third-order valence-corrected chi connectivity index (χ3v) is 4.03. The van der Waals surface area contributed by atoms with E-state index in [0.29, 0.717) is 0 Å². The molecule has 1 heterocycles. The molecule has 7 nitrogen and oxygen atoms in total. The van der Waals surface area contributed by atoms with Gasteiger partial charge >= 0.3 is 0 Å². The Balaban J connectivity index is 1.85. The van der Waals surface area contributed by atoms with Gasteiger partial charge in [0, 0.05) is 24.9 Å². The Morgan fingerprint density at radius 3 is 2.57 bits per heavy atom. The Labute approximate surface area is 132 Å². The van der Waals surface area contributed by atoms with Gasteiger partial charge in [-0.1, -0.05) is 6.07 Å². The van der Waals surface area contributed by atoms with E-state index in [4.69, 9.17) is 0 Å². The number of carbonyl (C=O) groups excluding carboxylic acids is 1. The fraction of sp³-hybridized carbons (Fsp3) is 0.462. The van der Waals surface area contributed by atoms with Gasteiger partial charge in [-0.2, -0.15) is 0 Å². The van der Waals surface area contributed by atoms with Crippen LogP contribution in [0.2, 0.25) is 0 Å². The van der Waals surface area contributed by atoms with Crippen LogP contribution in [0.25, 0.3) is 0 Å². The number of benzene rings is 1. The van der Waals surface area contributed by atoms with Crippen LogP contribution in [-0.2, 0) is 14.8 Å². The van der Waals surface area contributed by atoms with Crippen molar-refractivity contribution >= 4 is 15.9 Å². The van der Waals surface area contributed by atoms with Crippen LogP contribution in [0.15, 0.2) is 18.2 Å². The minimum Gasteiger partial charge on any atom is -0.339 e. The molecule has 1 fully saturated rings. The van der Waals surface area contributed by atoms with E-state index >= 15 is 0 Å². The first-order valence-corrected chi connectivity index (χ1v) is 8.84. The molecule has 1 aliphatic rings. The number of rotatable bonds is 6. The van der Waals surface area contributed by atoms with E-state index in [2.05, 4.69) is 20.9 Å². The van der Waals surface area contributed by atoms with Crippen LogP contribution in [0.4, 0.5) is 8.78 Å². The predicted octanol–water partition coefficient (Wildman–Crippen LogP) is -0.115. The Morgan fingerprint density at radius 1 is 1.30 bits per heavy atom. The van der Waals surface area contributed by atoms with Gasteiger partial charge in [0.1, 0.15) is 11.6 Å². The van der Waals surface area contributed by atoms with Gasteiger partial charge in [0.15, 0.2) is 0 Å². The van der Waals surface area contributed by atoms with Gasteiger partial charge in [-0.25, -0.2) is 32.8 Å². The van der Waals surface area contributed by atoms with E-state index in [1.54, 1.807) is 0 Å². The molecule has 0 bridgehead atoms. The average molecular weight is 348 g/mol. The molecule has 10 heteroatoms. The summed E-state index contributed by atoms with van der Waals surface area (Å²) in [5, 5.41) is 2.61. The SMILES string of the molecule is CS(=O)(=O)NCCC(=O)NC1CC(c2c(F)cccc2F)NN1. The molecular formula is C13H18F2N4O3S. The average Bonchev–Trinajstić information content (AvgIpc) is 2.85. The molecule has 2 unspecified atom stereocenters. The molecule has 1 aromatic rings. The van der Waals surface area contributed by atoms with E-state index in [1.807, 2.05) is 0 Å². The van der Waals surface area contributed by atoms with E-state index in [9.17, 15) is 22.0 Å². The summed E-state index contributed by atoms with van der Waals surface area (Å²) in [5.41, 5.74) is 5.39. The summed E-state index contributed by atoms with van der Waals surface area (Å²) in [4.78, 5) is 11.7. The Hall–Kier alpha value is -1.62. The molecule has 1 saturated heterocycles. The first-order valence-electron chi connectivity index (χ1n) is 6.95. The van der Waals surface area contributed by atoms with Crippen LogP contribution in [0.5, 0.6) is 0 Å². The molecule has 4 N–H and O–H groups in total. The van der Waals surface area contributed by atoms with Crippen molar-refractivity contribution in [1.82, 2.24) is 20.9 Å². The van der Waals surface area contributed by atoms with Crippen molar-refractivity contribution in [2.24, 2.45) is 0 Å². The highest BCUT2D eigenvalue weighted by Crippen LogP contribution is 2.26. The molecule has 1 aliphatic heterocycles. The van der Waals surface area contributed by atoms with Crippen LogP contribution in [0.1, 0.15) is 24.4 Å². The second kappa shape index (κ2) is 7.30. The zero-order valence-electron chi connectivity index (χ0n) is 12.4. The van der Waals surface area contributed by atoms with Crippen molar-refractivity contribution in [3.05, 3.63) is 35.4 Å². The maximum absolute atomic E-state index is 13.7. The molecule has 128 valence electrons. The Bertz CT molecular complexity index is 664. The summed E-state index contributed by atoms with van der Waals surface area (Å²) in [6.45, 7) is -0.0177. The number of nitrogens with one attached hydrogen (secondary N) is 4. The third-order valence-electron chi connectivity index (χ3n) is 3.30. The van der Waals surface area contributed by atoms with Crippen molar-refractivity contribution in [3.8, 4) is 0 Å². The number of carbonyl (C=O) groups is 1. The number of hydrazine groups is 1. The lowest BCUT2D eigenvalue weighted by Crippen LogP contribution is -2.44. The van der Waals surface area contributed by atoms with Gasteiger partial charge in [-0.05, 0) is 12.1 Å². The van der Waals surface area contributed by atoms with Gasteiger partial charge in [-0.15, -0.1) is 0 Å². The smallest absolute Gasteiger partial charge is 0.222 e. The first kappa shape index (κ1) is 17.7. The number of amides is 1. The summed E-state index contributed by atoms with van der Waals surface area (Å²) in [5.74, 6) is -1.70. The van der Waals surface area contributed by atoms with E-state index in [-0.39, 0.29) is 30.9 Å². The highest BCUT2D eigenvalue weighted by atomic mass is 32.2. The molecule has 23 heavy (non-hydrogen) atoms. The van der Waals surface area contributed by atoms with Gasteiger partial charge in [-0.3, -0.25) is 4.79 Å². The number of hydrogen-bond donors (Lipinski definition) is 4. The minimum atomic E-state index is -3.34. The number of sulfonamides is 1. The highest BCUT2D eigenvalue weighted by molar-refractivity contribution is 7.88. The quantitative estimate of drug-likeness (QED) is 0.575. The molecular weight excluding hydrogens is 330 g/mol. The van der Waals surface area contributed by atoms with Gasteiger partial charge < -0.3 is 5.32 Å². The minimum absolute atomic E-state index is 0.0177. The van der Waals surface area contributed by atoms with E-state index in [0.717, 1.165) is 6.26 Å². The maximum Gasteiger partial charge on any atom is 0.222 e. The van der Waals surface area contributed by atoms with Gasteiger partial charge in [0.25, 0.3) is 0 Å². The van der Waals surface area contributed by atoms with Crippen molar-refractivity contribution in [2.75, 3.05) is 12.8 Å². The molecule has 1 amide bonds. The lowest BCUT2D eigenvalue weighted by atomic mass is 10.0. The van der Waals surface area contributed by atoms with Crippen LogP contribution < -0.4 is 20.9 Å². The van der Waals surface area contributed by atoms with Gasteiger partial charge in [0.05, 0.1) is 18.5 Å². The van der Waals surface area contributed by atoms with Crippen molar-refractivity contribution < 1.29 is 22.0 Å². The fourth-order valence-electron chi connectivity index (χ4n) is 2.30. The molecule has 1 aromatic carbocycles. The Kier molecular flexibility index (Phi) is 5.63. The third kappa shape index (κ3) is 5.20. The normalized spacial score (nSPS) is 21.3. The predicted molar refractivity (Wildman–Crippen MR) is 79.4 cm³/mol.